The number of aliphatic imine (C=N–C) groups is 2. The SMILES string of the molecule is CCOC1N=C(c2c(O)cccc2O)NC(c2cc3c4ccccc4ccc3c3ccccc23)=N1. The third kappa shape index (κ3) is 3.55. The topological polar surface area (TPSA) is 86.4 Å². The summed E-state index contributed by atoms with van der Waals surface area (Å²) in [5, 5.41) is 31.0. The molecule has 1 aliphatic heterocycles. The van der Waals surface area contributed by atoms with Gasteiger partial charge in [-0.25, -0.2) is 9.98 Å². The lowest BCUT2D eigenvalue weighted by Crippen LogP contribution is -2.38. The smallest absolute Gasteiger partial charge is 0.249 e. The Morgan fingerprint density at radius 3 is 2.14 bits per heavy atom. The Morgan fingerprint density at radius 1 is 0.714 bits per heavy atom. The number of hydrogen-bond donors (Lipinski definition) is 3. The van der Waals surface area contributed by atoms with E-state index < -0.39 is 6.35 Å². The summed E-state index contributed by atoms with van der Waals surface area (Å²) in [5.74, 6) is 0.692. The lowest BCUT2D eigenvalue weighted by molar-refractivity contribution is 0.0750. The quantitative estimate of drug-likeness (QED) is 0.301. The van der Waals surface area contributed by atoms with Gasteiger partial charge in [-0.2, -0.15) is 0 Å². The van der Waals surface area contributed by atoms with Crippen molar-refractivity contribution in [1.82, 2.24) is 5.32 Å². The van der Waals surface area contributed by atoms with Crippen LogP contribution in [0, 0.1) is 0 Å². The summed E-state index contributed by atoms with van der Waals surface area (Å²) in [4.78, 5) is 9.25. The molecule has 0 aromatic heterocycles. The van der Waals surface area contributed by atoms with Crippen LogP contribution in [0.1, 0.15) is 18.1 Å². The zero-order chi connectivity index (χ0) is 23.9. The zero-order valence-electron chi connectivity index (χ0n) is 19.1. The molecule has 0 amide bonds. The Hall–Kier alpha value is -4.42. The molecule has 0 aliphatic carbocycles. The molecule has 1 unspecified atom stereocenters. The van der Waals surface area contributed by atoms with Crippen LogP contribution in [0.25, 0.3) is 32.3 Å². The summed E-state index contributed by atoms with van der Waals surface area (Å²) >= 11 is 0. The second-order valence-electron chi connectivity index (χ2n) is 8.38. The summed E-state index contributed by atoms with van der Waals surface area (Å²) in [7, 11) is 0. The fourth-order valence-electron chi connectivity index (χ4n) is 4.74. The van der Waals surface area contributed by atoms with Crippen LogP contribution in [0.3, 0.4) is 0 Å². The first-order valence-electron chi connectivity index (χ1n) is 11.5. The van der Waals surface area contributed by atoms with Gasteiger partial charge in [-0.3, -0.25) is 0 Å². The zero-order valence-corrected chi connectivity index (χ0v) is 19.1. The third-order valence-electron chi connectivity index (χ3n) is 6.31. The molecular formula is C29H23N3O3. The second kappa shape index (κ2) is 8.42. The standard InChI is InChI=1S/C29H23N3O3/c1-2-35-29-31-27(30-28(32-29)26-24(33)12-7-13-25(26)34)23-16-22-18-9-4-3-8-17(18)14-15-21(22)19-10-5-6-11-20(19)23/h3-16,29,33-34H,2H2,1H3,(H,30,31,32). The Balaban J connectivity index is 1.60. The van der Waals surface area contributed by atoms with E-state index in [1.54, 1.807) is 6.07 Å². The molecule has 0 saturated carbocycles. The summed E-state index contributed by atoms with van der Waals surface area (Å²) < 4.78 is 5.76. The third-order valence-corrected chi connectivity index (χ3v) is 6.31. The predicted octanol–water partition coefficient (Wildman–Crippen LogP) is 5.67. The maximum absolute atomic E-state index is 10.5. The Kier molecular flexibility index (Phi) is 5.08. The van der Waals surface area contributed by atoms with Gasteiger partial charge in [0.15, 0.2) is 0 Å². The van der Waals surface area contributed by atoms with Gasteiger partial charge in [0.2, 0.25) is 6.35 Å². The number of phenols is 2. The van der Waals surface area contributed by atoms with E-state index in [4.69, 9.17) is 9.73 Å². The number of nitrogens with zero attached hydrogens (tertiary/aromatic N) is 2. The van der Waals surface area contributed by atoms with Crippen molar-refractivity contribution in [2.24, 2.45) is 9.98 Å². The molecule has 0 radical (unpaired) electrons. The van der Waals surface area contributed by atoms with Crippen molar-refractivity contribution >= 4 is 44.0 Å². The molecule has 0 bridgehead atoms. The molecule has 6 rings (SSSR count). The van der Waals surface area contributed by atoms with Gasteiger partial charge in [-0.1, -0.05) is 66.7 Å². The van der Waals surface area contributed by atoms with Crippen LogP contribution in [0.5, 0.6) is 11.5 Å². The first-order valence-corrected chi connectivity index (χ1v) is 11.5. The lowest BCUT2D eigenvalue weighted by atomic mass is 9.93. The minimum Gasteiger partial charge on any atom is -0.507 e. The number of hydrogen-bond acceptors (Lipinski definition) is 6. The Morgan fingerprint density at radius 2 is 1.37 bits per heavy atom. The number of fused-ring (bicyclic) bond motifs is 5. The van der Waals surface area contributed by atoms with Gasteiger partial charge in [0.05, 0.1) is 0 Å². The van der Waals surface area contributed by atoms with Crippen molar-refractivity contribution < 1.29 is 14.9 Å². The normalized spacial score (nSPS) is 15.7. The molecule has 0 fully saturated rings. The average Bonchev–Trinajstić information content (AvgIpc) is 2.88. The van der Waals surface area contributed by atoms with Crippen LogP contribution < -0.4 is 5.32 Å². The van der Waals surface area contributed by atoms with Gasteiger partial charge in [-0.05, 0) is 57.4 Å². The van der Waals surface area contributed by atoms with Gasteiger partial charge in [0.25, 0.3) is 0 Å². The molecule has 3 N–H and O–H groups in total. The molecule has 5 aromatic rings. The fraction of sp³-hybridized carbons (Fsp3) is 0.103. The van der Waals surface area contributed by atoms with Crippen molar-refractivity contribution in [3.63, 3.8) is 0 Å². The number of phenolic OH excluding ortho intramolecular Hbond substituents is 2. The minimum absolute atomic E-state index is 0.0814. The number of ether oxygens (including phenoxy) is 1. The highest BCUT2D eigenvalue weighted by Crippen LogP contribution is 2.35. The van der Waals surface area contributed by atoms with Crippen LogP contribution in [0.2, 0.25) is 0 Å². The molecule has 1 aliphatic rings. The highest BCUT2D eigenvalue weighted by Gasteiger charge is 2.25. The molecule has 35 heavy (non-hydrogen) atoms. The summed E-state index contributed by atoms with van der Waals surface area (Å²) in [6.07, 6.45) is -0.813. The summed E-state index contributed by atoms with van der Waals surface area (Å²) in [5.41, 5.74) is 1.09. The van der Waals surface area contributed by atoms with Gasteiger partial charge in [0.1, 0.15) is 28.7 Å². The maximum atomic E-state index is 10.5. The molecule has 172 valence electrons. The Bertz CT molecular complexity index is 1650. The van der Waals surface area contributed by atoms with Gasteiger partial charge >= 0.3 is 0 Å². The first-order chi connectivity index (χ1) is 17.1. The molecule has 5 aromatic carbocycles. The van der Waals surface area contributed by atoms with E-state index in [-0.39, 0.29) is 17.1 Å². The number of nitrogens with one attached hydrogen (secondary N) is 1. The van der Waals surface area contributed by atoms with Crippen LogP contribution in [0.4, 0.5) is 0 Å². The van der Waals surface area contributed by atoms with E-state index >= 15 is 0 Å². The molecule has 0 saturated heterocycles. The average molecular weight is 462 g/mol. The van der Waals surface area contributed by atoms with Crippen molar-refractivity contribution in [3.05, 3.63) is 96.1 Å². The van der Waals surface area contributed by atoms with Crippen molar-refractivity contribution in [3.8, 4) is 11.5 Å². The van der Waals surface area contributed by atoms with E-state index in [1.807, 2.05) is 31.2 Å². The molecular weight excluding hydrogens is 438 g/mol. The summed E-state index contributed by atoms with van der Waals surface area (Å²) in [6, 6.07) is 27.6. The number of rotatable bonds is 4. The number of benzene rings is 5. The van der Waals surface area contributed by atoms with Crippen LogP contribution >= 0.6 is 0 Å². The van der Waals surface area contributed by atoms with Crippen LogP contribution in [-0.2, 0) is 4.74 Å². The maximum Gasteiger partial charge on any atom is 0.249 e. The summed E-state index contributed by atoms with van der Waals surface area (Å²) in [6.45, 7) is 2.29. The molecule has 6 heteroatoms. The highest BCUT2D eigenvalue weighted by molar-refractivity contribution is 6.26. The van der Waals surface area contributed by atoms with Crippen LogP contribution in [-0.4, -0.2) is 34.8 Å². The lowest BCUT2D eigenvalue weighted by Gasteiger charge is -2.23. The van der Waals surface area contributed by atoms with Crippen LogP contribution in [0.15, 0.2) is 94.9 Å². The van der Waals surface area contributed by atoms with Gasteiger partial charge in [-0.15, -0.1) is 0 Å². The van der Waals surface area contributed by atoms with Crippen molar-refractivity contribution in [2.45, 2.75) is 13.3 Å². The minimum atomic E-state index is -0.813. The van der Waals surface area contributed by atoms with Crippen molar-refractivity contribution in [2.75, 3.05) is 6.61 Å². The fourth-order valence-corrected chi connectivity index (χ4v) is 4.74. The monoisotopic (exact) mass is 461 g/mol. The van der Waals surface area contributed by atoms with E-state index in [1.165, 1.54) is 12.1 Å². The number of amidine groups is 2. The predicted molar refractivity (Wildman–Crippen MR) is 140 cm³/mol. The molecule has 0 spiro atoms. The van der Waals surface area contributed by atoms with E-state index in [0.717, 1.165) is 37.9 Å². The van der Waals surface area contributed by atoms with E-state index in [2.05, 4.69) is 52.8 Å². The second-order valence-corrected chi connectivity index (χ2v) is 8.38. The van der Waals surface area contributed by atoms with Gasteiger partial charge < -0.3 is 20.3 Å². The number of aromatic hydroxyl groups is 2. The Labute approximate surface area is 201 Å². The highest BCUT2D eigenvalue weighted by atomic mass is 16.5. The molecule has 1 atom stereocenters. The van der Waals surface area contributed by atoms with E-state index in [0.29, 0.717) is 18.3 Å². The first kappa shape index (κ1) is 21.1. The van der Waals surface area contributed by atoms with Gasteiger partial charge in [0, 0.05) is 12.2 Å². The van der Waals surface area contributed by atoms with Crippen molar-refractivity contribution in [1.29, 1.82) is 0 Å². The molecule has 6 nitrogen and oxygen atoms in total. The molecule has 1 heterocycles. The van der Waals surface area contributed by atoms with E-state index in [9.17, 15) is 10.2 Å². The largest absolute Gasteiger partial charge is 0.507 e.